The summed E-state index contributed by atoms with van der Waals surface area (Å²) in [5.74, 6) is -0.158. The highest BCUT2D eigenvalue weighted by molar-refractivity contribution is 5.65. The molecule has 1 rings (SSSR count). The molecule has 1 atom stereocenters. The molecule has 1 aliphatic rings. The summed E-state index contributed by atoms with van der Waals surface area (Å²) in [6, 6.07) is 0. The van der Waals surface area contributed by atoms with Gasteiger partial charge in [-0.05, 0) is 42.9 Å². The van der Waals surface area contributed by atoms with Crippen molar-refractivity contribution in [1.82, 2.24) is 0 Å². The van der Waals surface area contributed by atoms with E-state index in [0.717, 1.165) is 6.42 Å². The van der Waals surface area contributed by atoms with Crippen molar-refractivity contribution >= 4 is 5.97 Å². The summed E-state index contributed by atoms with van der Waals surface area (Å²) in [6.45, 7) is 9.20. The van der Waals surface area contributed by atoms with Crippen LogP contribution in [0, 0.1) is 10.8 Å². The fraction of sp³-hybridized carbons (Fsp3) is 0.929. The quantitative estimate of drug-likeness (QED) is 0.536. The van der Waals surface area contributed by atoms with Gasteiger partial charge in [-0.2, -0.15) is 0 Å². The summed E-state index contributed by atoms with van der Waals surface area (Å²) < 4.78 is 4.99. The topological polar surface area (TPSA) is 26.3 Å². The van der Waals surface area contributed by atoms with Crippen LogP contribution in [0.3, 0.4) is 0 Å². The van der Waals surface area contributed by atoms with Gasteiger partial charge in [-0.3, -0.25) is 4.79 Å². The molecule has 2 nitrogen and oxygen atoms in total. The molecule has 0 saturated heterocycles. The molecule has 0 radical (unpaired) electrons. The summed E-state index contributed by atoms with van der Waals surface area (Å²) in [6.07, 6.45) is 7.52. The van der Waals surface area contributed by atoms with Crippen molar-refractivity contribution in [2.45, 2.75) is 66.2 Å². The van der Waals surface area contributed by atoms with Crippen molar-refractivity contribution in [2.75, 3.05) is 6.61 Å². The van der Waals surface area contributed by atoms with E-state index in [4.69, 9.17) is 4.74 Å². The zero-order valence-corrected chi connectivity index (χ0v) is 11.3. The SMILES string of the molecule is CC(=O)OCCCC1(C)CCCC(C)(C)C1. The molecule has 0 heterocycles. The number of hydrogen-bond acceptors (Lipinski definition) is 2. The van der Waals surface area contributed by atoms with Gasteiger partial charge in [0.1, 0.15) is 0 Å². The maximum atomic E-state index is 10.7. The Morgan fingerprint density at radius 1 is 1.25 bits per heavy atom. The van der Waals surface area contributed by atoms with Crippen molar-refractivity contribution in [1.29, 1.82) is 0 Å². The van der Waals surface area contributed by atoms with Crippen LogP contribution in [0.25, 0.3) is 0 Å². The van der Waals surface area contributed by atoms with E-state index in [1.165, 1.54) is 39.0 Å². The zero-order chi connectivity index (χ0) is 12.2. The molecule has 0 aromatic heterocycles. The monoisotopic (exact) mass is 226 g/mol. The Kier molecular flexibility index (Phi) is 4.40. The molecule has 0 bridgehead atoms. The first-order valence-corrected chi connectivity index (χ1v) is 6.46. The highest BCUT2D eigenvalue weighted by atomic mass is 16.5. The molecule has 1 aliphatic carbocycles. The van der Waals surface area contributed by atoms with Crippen molar-refractivity contribution in [3.63, 3.8) is 0 Å². The minimum Gasteiger partial charge on any atom is -0.466 e. The fourth-order valence-electron chi connectivity index (χ4n) is 3.25. The van der Waals surface area contributed by atoms with Crippen LogP contribution in [-0.4, -0.2) is 12.6 Å². The molecule has 1 unspecified atom stereocenters. The van der Waals surface area contributed by atoms with Gasteiger partial charge >= 0.3 is 5.97 Å². The lowest BCUT2D eigenvalue weighted by Gasteiger charge is -2.43. The molecule has 1 saturated carbocycles. The third kappa shape index (κ3) is 4.54. The highest BCUT2D eigenvalue weighted by Gasteiger charge is 2.35. The Balaban J connectivity index is 2.31. The van der Waals surface area contributed by atoms with Crippen LogP contribution in [0.15, 0.2) is 0 Å². The predicted octanol–water partition coefficient (Wildman–Crippen LogP) is 3.94. The van der Waals surface area contributed by atoms with E-state index in [9.17, 15) is 4.79 Å². The molecule has 0 spiro atoms. The Morgan fingerprint density at radius 2 is 1.94 bits per heavy atom. The van der Waals surface area contributed by atoms with Crippen LogP contribution in [0.5, 0.6) is 0 Å². The largest absolute Gasteiger partial charge is 0.466 e. The van der Waals surface area contributed by atoms with E-state index in [2.05, 4.69) is 20.8 Å². The van der Waals surface area contributed by atoms with Crippen LogP contribution in [-0.2, 0) is 9.53 Å². The lowest BCUT2D eigenvalue weighted by molar-refractivity contribution is -0.141. The lowest BCUT2D eigenvalue weighted by Crippen LogP contribution is -2.31. The van der Waals surface area contributed by atoms with Crippen molar-refractivity contribution in [3.05, 3.63) is 0 Å². The van der Waals surface area contributed by atoms with Gasteiger partial charge in [0.05, 0.1) is 6.61 Å². The summed E-state index contributed by atoms with van der Waals surface area (Å²) >= 11 is 0. The summed E-state index contributed by atoms with van der Waals surface area (Å²) in [5.41, 5.74) is 0.955. The molecule has 0 amide bonds. The summed E-state index contributed by atoms with van der Waals surface area (Å²) in [7, 11) is 0. The first-order valence-electron chi connectivity index (χ1n) is 6.46. The smallest absolute Gasteiger partial charge is 0.302 e. The lowest BCUT2D eigenvalue weighted by atomic mass is 9.63. The second kappa shape index (κ2) is 5.20. The number of rotatable bonds is 4. The van der Waals surface area contributed by atoms with Gasteiger partial charge in [0.15, 0.2) is 0 Å². The van der Waals surface area contributed by atoms with Gasteiger partial charge in [0, 0.05) is 6.92 Å². The molecule has 1 fully saturated rings. The number of ether oxygens (including phenoxy) is 1. The molecular weight excluding hydrogens is 200 g/mol. The van der Waals surface area contributed by atoms with E-state index in [1.807, 2.05) is 0 Å². The molecule has 0 aromatic carbocycles. The second-order valence-corrected chi connectivity index (χ2v) is 6.45. The minimum atomic E-state index is -0.158. The second-order valence-electron chi connectivity index (χ2n) is 6.45. The van der Waals surface area contributed by atoms with Crippen LogP contribution < -0.4 is 0 Å². The fourth-order valence-corrected chi connectivity index (χ4v) is 3.25. The Morgan fingerprint density at radius 3 is 2.50 bits per heavy atom. The van der Waals surface area contributed by atoms with E-state index in [0.29, 0.717) is 17.4 Å². The maximum Gasteiger partial charge on any atom is 0.302 e. The van der Waals surface area contributed by atoms with Crippen LogP contribution in [0.4, 0.5) is 0 Å². The summed E-state index contributed by atoms with van der Waals surface area (Å²) in [5, 5.41) is 0. The van der Waals surface area contributed by atoms with Crippen LogP contribution >= 0.6 is 0 Å². The van der Waals surface area contributed by atoms with Gasteiger partial charge in [-0.25, -0.2) is 0 Å². The van der Waals surface area contributed by atoms with E-state index in [1.54, 1.807) is 0 Å². The number of hydrogen-bond donors (Lipinski definition) is 0. The average molecular weight is 226 g/mol. The molecule has 94 valence electrons. The Hall–Kier alpha value is -0.530. The molecular formula is C14H26O2. The van der Waals surface area contributed by atoms with Gasteiger partial charge in [-0.15, -0.1) is 0 Å². The third-order valence-corrected chi connectivity index (χ3v) is 3.77. The first kappa shape index (κ1) is 13.5. The van der Waals surface area contributed by atoms with Crippen LogP contribution in [0.1, 0.15) is 66.2 Å². The van der Waals surface area contributed by atoms with Crippen molar-refractivity contribution in [3.8, 4) is 0 Å². The molecule has 16 heavy (non-hydrogen) atoms. The standard InChI is InChI=1S/C14H26O2/c1-12(15)16-10-6-9-14(4)8-5-7-13(2,3)11-14/h5-11H2,1-4H3. The minimum absolute atomic E-state index is 0.158. The molecule has 0 aromatic rings. The number of carbonyl (C=O) groups excluding carboxylic acids is 1. The van der Waals surface area contributed by atoms with Gasteiger partial charge in [0.25, 0.3) is 0 Å². The zero-order valence-electron chi connectivity index (χ0n) is 11.3. The Bertz CT molecular complexity index is 245. The number of carbonyl (C=O) groups is 1. The van der Waals surface area contributed by atoms with Crippen molar-refractivity contribution < 1.29 is 9.53 Å². The predicted molar refractivity (Wildman–Crippen MR) is 66.2 cm³/mol. The third-order valence-electron chi connectivity index (χ3n) is 3.77. The van der Waals surface area contributed by atoms with Gasteiger partial charge in [-0.1, -0.05) is 27.2 Å². The molecule has 0 aliphatic heterocycles. The van der Waals surface area contributed by atoms with E-state index < -0.39 is 0 Å². The average Bonchev–Trinajstić information content (AvgIpc) is 2.10. The molecule has 0 N–H and O–H groups in total. The van der Waals surface area contributed by atoms with E-state index in [-0.39, 0.29) is 5.97 Å². The van der Waals surface area contributed by atoms with Gasteiger partial charge in [0.2, 0.25) is 0 Å². The maximum absolute atomic E-state index is 10.7. The van der Waals surface area contributed by atoms with Crippen molar-refractivity contribution in [2.24, 2.45) is 10.8 Å². The molecule has 2 heteroatoms. The van der Waals surface area contributed by atoms with Gasteiger partial charge < -0.3 is 4.74 Å². The van der Waals surface area contributed by atoms with Crippen LogP contribution in [0.2, 0.25) is 0 Å². The normalized spacial score (nSPS) is 28.8. The summed E-state index contributed by atoms with van der Waals surface area (Å²) in [4.78, 5) is 10.7. The highest BCUT2D eigenvalue weighted by Crippen LogP contribution is 2.48. The number of esters is 1. The Labute approximate surface area is 99.8 Å². The first-order chi connectivity index (χ1) is 7.33. The van der Waals surface area contributed by atoms with E-state index >= 15 is 0 Å².